The Balaban J connectivity index is 2.09. The third-order valence-corrected chi connectivity index (χ3v) is 4.47. The second-order valence-electron chi connectivity index (χ2n) is 5.80. The second-order valence-corrected chi connectivity index (χ2v) is 5.80. The molecule has 0 N–H and O–H groups in total. The first-order chi connectivity index (χ1) is 10.3. The highest BCUT2D eigenvalue weighted by atomic mass is 14.2. The molecule has 0 fully saturated rings. The lowest BCUT2D eigenvalue weighted by atomic mass is 9.85. The van der Waals surface area contributed by atoms with E-state index in [1.807, 2.05) is 0 Å². The van der Waals surface area contributed by atoms with Crippen LogP contribution in [0.5, 0.6) is 0 Å². The predicted octanol–water partition coefficient (Wildman–Crippen LogP) is 5.77. The van der Waals surface area contributed by atoms with Gasteiger partial charge in [-0.1, -0.05) is 66.7 Å². The standard InChI is InChI=1S/C21H18/c1-15-13-14-17-8-3-5-11-19(17)21(15)20-12-6-9-16-7-2-4-10-18(16)20/h2,4-7,9-14H,3,8H2,1H3. The van der Waals surface area contributed by atoms with Gasteiger partial charge in [0, 0.05) is 0 Å². The lowest BCUT2D eigenvalue weighted by Gasteiger charge is -2.19. The topological polar surface area (TPSA) is 0 Å². The Labute approximate surface area is 125 Å². The van der Waals surface area contributed by atoms with Crippen molar-refractivity contribution in [2.45, 2.75) is 19.8 Å². The van der Waals surface area contributed by atoms with Crippen LogP contribution >= 0.6 is 0 Å². The van der Waals surface area contributed by atoms with Crippen molar-refractivity contribution >= 4 is 16.8 Å². The molecule has 0 radical (unpaired) electrons. The van der Waals surface area contributed by atoms with Gasteiger partial charge in [-0.05, 0) is 58.4 Å². The van der Waals surface area contributed by atoms with Crippen molar-refractivity contribution in [3.63, 3.8) is 0 Å². The van der Waals surface area contributed by atoms with E-state index in [1.165, 1.54) is 38.6 Å². The molecule has 1 aliphatic carbocycles. The molecule has 3 aromatic carbocycles. The van der Waals surface area contributed by atoms with Crippen LogP contribution in [0.2, 0.25) is 0 Å². The summed E-state index contributed by atoms with van der Waals surface area (Å²) in [5.41, 5.74) is 7.01. The molecule has 0 unspecified atom stereocenters. The van der Waals surface area contributed by atoms with Crippen LogP contribution in [0.3, 0.4) is 0 Å². The van der Waals surface area contributed by atoms with Crippen molar-refractivity contribution < 1.29 is 0 Å². The first kappa shape index (κ1) is 12.4. The van der Waals surface area contributed by atoms with E-state index in [9.17, 15) is 0 Å². The quantitative estimate of drug-likeness (QED) is 0.526. The van der Waals surface area contributed by atoms with E-state index in [4.69, 9.17) is 0 Å². The summed E-state index contributed by atoms with van der Waals surface area (Å²) in [6.45, 7) is 2.22. The van der Waals surface area contributed by atoms with E-state index in [0.29, 0.717) is 0 Å². The van der Waals surface area contributed by atoms with Crippen LogP contribution in [0.25, 0.3) is 28.0 Å². The zero-order valence-electron chi connectivity index (χ0n) is 12.3. The minimum Gasteiger partial charge on any atom is -0.0836 e. The van der Waals surface area contributed by atoms with Crippen molar-refractivity contribution in [3.8, 4) is 11.1 Å². The Morgan fingerprint density at radius 1 is 0.857 bits per heavy atom. The number of fused-ring (bicyclic) bond motifs is 2. The molecule has 0 heteroatoms. The van der Waals surface area contributed by atoms with Crippen LogP contribution in [-0.2, 0) is 6.42 Å². The average molecular weight is 270 g/mol. The van der Waals surface area contributed by atoms with Crippen molar-refractivity contribution in [2.24, 2.45) is 0 Å². The van der Waals surface area contributed by atoms with Crippen molar-refractivity contribution in [2.75, 3.05) is 0 Å². The molecule has 0 heterocycles. The van der Waals surface area contributed by atoms with Crippen molar-refractivity contribution in [1.82, 2.24) is 0 Å². The summed E-state index contributed by atoms with van der Waals surface area (Å²) in [4.78, 5) is 0. The summed E-state index contributed by atoms with van der Waals surface area (Å²) in [6.07, 6.45) is 6.92. The van der Waals surface area contributed by atoms with Gasteiger partial charge in [-0.15, -0.1) is 0 Å². The van der Waals surface area contributed by atoms with Crippen LogP contribution in [0, 0.1) is 6.92 Å². The number of hydrogen-bond acceptors (Lipinski definition) is 0. The van der Waals surface area contributed by atoms with E-state index < -0.39 is 0 Å². The van der Waals surface area contributed by atoms with Gasteiger partial charge in [0.15, 0.2) is 0 Å². The summed E-state index contributed by atoms with van der Waals surface area (Å²) in [7, 11) is 0. The first-order valence-electron chi connectivity index (χ1n) is 7.62. The molecule has 0 saturated heterocycles. The summed E-state index contributed by atoms with van der Waals surface area (Å²) in [5, 5.41) is 2.65. The molecule has 3 aromatic rings. The van der Waals surface area contributed by atoms with Gasteiger partial charge in [0.2, 0.25) is 0 Å². The fraction of sp³-hybridized carbons (Fsp3) is 0.143. The monoisotopic (exact) mass is 270 g/mol. The molecular formula is C21H18. The first-order valence-corrected chi connectivity index (χ1v) is 7.62. The Kier molecular flexibility index (Phi) is 2.89. The van der Waals surface area contributed by atoms with Crippen LogP contribution in [0.1, 0.15) is 23.1 Å². The minimum absolute atomic E-state index is 1.16. The Morgan fingerprint density at radius 2 is 1.71 bits per heavy atom. The summed E-state index contributed by atoms with van der Waals surface area (Å²) >= 11 is 0. The van der Waals surface area contributed by atoms with Crippen LogP contribution < -0.4 is 0 Å². The van der Waals surface area contributed by atoms with Crippen LogP contribution in [0.15, 0.2) is 60.7 Å². The van der Waals surface area contributed by atoms with E-state index in [1.54, 1.807) is 0 Å². The summed E-state index contributed by atoms with van der Waals surface area (Å²) in [5.74, 6) is 0. The number of aryl methyl sites for hydroxylation is 2. The van der Waals surface area contributed by atoms with Gasteiger partial charge in [-0.25, -0.2) is 0 Å². The zero-order chi connectivity index (χ0) is 14.2. The minimum atomic E-state index is 1.16. The number of rotatable bonds is 1. The molecule has 1 aliphatic rings. The highest BCUT2D eigenvalue weighted by molar-refractivity contribution is 5.99. The predicted molar refractivity (Wildman–Crippen MR) is 91.5 cm³/mol. The molecule has 102 valence electrons. The van der Waals surface area contributed by atoms with E-state index in [-0.39, 0.29) is 0 Å². The molecule has 0 amide bonds. The van der Waals surface area contributed by atoms with Gasteiger partial charge in [-0.2, -0.15) is 0 Å². The van der Waals surface area contributed by atoms with Gasteiger partial charge in [0.05, 0.1) is 0 Å². The maximum atomic E-state index is 2.31. The smallest absolute Gasteiger partial charge is 0.00732 e. The van der Waals surface area contributed by atoms with Gasteiger partial charge in [0.1, 0.15) is 0 Å². The van der Waals surface area contributed by atoms with Gasteiger partial charge < -0.3 is 0 Å². The number of allylic oxidation sites excluding steroid dienone is 1. The molecule has 0 saturated carbocycles. The van der Waals surface area contributed by atoms with Crippen molar-refractivity contribution in [3.05, 3.63) is 77.4 Å². The molecule has 0 nitrogen and oxygen atoms in total. The average Bonchev–Trinajstić information content (AvgIpc) is 2.54. The maximum absolute atomic E-state index is 2.31. The fourth-order valence-corrected chi connectivity index (χ4v) is 3.42. The second kappa shape index (κ2) is 4.89. The largest absolute Gasteiger partial charge is 0.0836 e. The van der Waals surface area contributed by atoms with E-state index in [2.05, 4.69) is 73.7 Å². The molecule has 0 atom stereocenters. The highest BCUT2D eigenvalue weighted by Crippen LogP contribution is 2.37. The van der Waals surface area contributed by atoms with Crippen molar-refractivity contribution in [1.29, 1.82) is 0 Å². The molecule has 0 aliphatic heterocycles. The van der Waals surface area contributed by atoms with Crippen LogP contribution in [0.4, 0.5) is 0 Å². The van der Waals surface area contributed by atoms with E-state index >= 15 is 0 Å². The Bertz CT molecular complexity index is 848. The van der Waals surface area contributed by atoms with Gasteiger partial charge >= 0.3 is 0 Å². The third kappa shape index (κ3) is 1.99. The summed E-state index contributed by atoms with van der Waals surface area (Å²) in [6, 6.07) is 19.9. The molecule has 0 bridgehead atoms. The van der Waals surface area contributed by atoms with E-state index in [0.717, 1.165) is 12.8 Å². The Morgan fingerprint density at radius 3 is 2.67 bits per heavy atom. The number of benzene rings is 3. The lowest BCUT2D eigenvalue weighted by molar-refractivity contribution is 0.985. The number of hydrogen-bond donors (Lipinski definition) is 0. The zero-order valence-corrected chi connectivity index (χ0v) is 12.3. The third-order valence-electron chi connectivity index (χ3n) is 4.47. The molecule has 0 spiro atoms. The fourth-order valence-electron chi connectivity index (χ4n) is 3.42. The Hall–Kier alpha value is -2.34. The lowest BCUT2D eigenvalue weighted by Crippen LogP contribution is -1.99. The molecule has 0 aromatic heterocycles. The SMILES string of the molecule is Cc1ccc2c(c1-c1cccc3ccccc13)C=CCC2. The van der Waals surface area contributed by atoms with Gasteiger partial charge in [0.25, 0.3) is 0 Å². The molecule has 21 heavy (non-hydrogen) atoms. The molecule has 4 rings (SSSR count). The molecular weight excluding hydrogens is 252 g/mol. The maximum Gasteiger partial charge on any atom is -0.00732 e. The summed E-state index contributed by atoms with van der Waals surface area (Å²) < 4.78 is 0. The normalized spacial score (nSPS) is 13.4. The van der Waals surface area contributed by atoms with Crippen LogP contribution in [-0.4, -0.2) is 0 Å². The van der Waals surface area contributed by atoms with Gasteiger partial charge in [-0.3, -0.25) is 0 Å². The highest BCUT2D eigenvalue weighted by Gasteiger charge is 2.14.